The Kier molecular flexibility index (Phi) is 7.28. The number of phosphoric ester groups is 1. The molecule has 1 saturated heterocycles. The van der Waals surface area contributed by atoms with Gasteiger partial charge in [0.1, 0.15) is 29.8 Å². The molecule has 0 saturated carbocycles. The third-order valence-corrected chi connectivity index (χ3v) is 5.69. The van der Waals surface area contributed by atoms with Gasteiger partial charge in [0.15, 0.2) is 6.23 Å². The van der Waals surface area contributed by atoms with Gasteiger partial charge in [-0.05, 0) is 18.2 Å². The van der Waals surface area contributed by atoms with Gasteiger partial charge in [-0.15, -0.1) is 0 Å². The summed E-state index contributed by atoms with van der Waals surface area (Å²) in [4.78, 5) is 47.4. The van der Waals surface area contributed by atoms with Crippen molar-refractivity contribution in [2.24, 2.45) is 0 Å². The molecule has 0 spiro atoms. The van der Waals surface area contributed by atoms with E-state index in [-0.39, 0.29) is 6.54 Å². The summed E-state index contributed by atoms with van der Waals surface area (Å²) in [6, 6.07) is 13.2. The Morgan fingerprint density at radius 1 is 1.03 bits per heavy atom. The highest BCUT2D eigenvalue weighted by atomic mass is 31.2. The average molecular weight is 507 g/mol. The number of pyridine rings is 1. The van der Waals surface area contributed by atoms with Crippen LogP contribution in [-0.4, -0.2) is 59.0 Å². The lowest BCUT2D eigenvalue weighted by atomic mass is 10.1. The number of aliphatic hydroxyl groups is 2. The second-order valence-corrected chi connectivity index (χ2v) is 8.90. The molecule has 0 aliphatic carbocycles. The number of ether oxygens (including phenoxy) is 2. The molecule has 0 bridgehead atoms. The molecule has 14 heteroatoms. The number of nitrogens with zero attached hydrogens (tertiary/aromatic N) is 3. The molecule has 2 aromatic heterocycles. The zero-order valence-electron chi connectivity index (χ0n) is 18.0. The van der Waals surface area contributed by atoms with Gasteiger partial charge in [0.25, 0.3) is 5.56 Å². The first-order valence-corrected chi connectivity index (χ1v) is 11.9. The minimum atomic E-state index is -4.85. The van der Waals surface area contributed by atoms with Gasteiger partial charge in [-0.2, -0.15) is 0 Å². The van der Waals surface area contributed by atoms with Crippen molar-refractivity contribution in [1.29, 1.82) is 0 Å². The first-order chi connectivity index (χ1) is 16.6. The smallest absolute Gasteiger partial charge is 0.457 e. The zero-order chi connectivity index (χ0) is 25.2. The lowest BCUT2D eigenvalue weighted by Crippen LogP contribution is -2.43. The Morgan fingerprint density at radius 2 is 1.77 bits per heavy atom. The summed E-state index contributed by atoms with van der Waals surface area (Å²) in [6.07, 6.45) is -3.45. The average Bonchev–Trinajstić information content (AvgIpc) is 3.09. The quantitative estimate of drug-likeness (QED) is 0.301. The van der Waals surface area contributed by atoms with E-state index in [1.54, 1.807) is 24.3 Å². The summed E-state index contributed by atoms with van der Waals surface area (Å²) in [6.45, 7) is -0.952. The van der Waals surface area contributed by atoms with Crippen molar-refractivity contribution in [3.8, 4) is 11.5 Å². The number of hydrogen-bond donors (Lipinski definition) is 4. The molecule has 35 heavy (non-hydrogen) atoms. The maximum absolute atomic E-state index is 13.1. The van der Waals surface area contributed by atoms with E-state index < -0.39 is 50.2 Å². The van der Waals surface area contributed by atoms with Crippen molar-refractivity contribution in [3.63, 3.8) is 0 Å². The Bertz CT molecular complexity index is 1340. The number of aromatic nitrogens is 3. The van der Waals surface area contributed by atoms with Crippen LogP contribution in [0, 0.1) is 0 Å². The molecule has 186 valence electrons. The van der Waals surface area contributed by atoms with Crippen LogP contribution in [0.4, 0.5) is 0 Å². The number of phosphoric acid groups is 1. The fourth-order valence-corrected chi connectivity index (χ4v) is 3.87. The molecule has 3 heterocycles. The van der Waals surface area contributed by atoms with E-state index in [0.717, 1.165) is 21.4 Å². The molecule has 2 unspecified atom stereocenters. The third kappa shape index (κ3) is 5.92. The molecule has 1 aromatic carbocycles. The van der Waals surface area contributed by atoms with E-state index in [9.17, 15) is 24.4 Å². The van der Waals surface area contributed by atoms with E-state index in [1.165, 1.54) is 6.20 Å². The topological polar surface area (TPSA) is 183 Å². The Hall–Kier alpha value is -3.16. The van der Waals surface area contributed by atoms with Gasteiger partial charge in [-0.25, -0.2) is 9.36 Å². The summed E-state index contributed by atoms with van der Waals surface area (Å²) in [5.41, 5.74) is -1.16. The van der Waals surface area contributed by atoms with E-state index in [4.69, 9.17) is 19.3 Å². The predicted molar refractivity (Wildman–Crippen MR) is 119 cm³/mol. The zero-order valence-corrected chi connectivity index (χ0v) is 18.9. The van der Waals surface area contributed by atoms with E-state index in [1.807, 2.05) is 18.2 Å². The van der Waals surface area contributed by atoms with E-state index in [2.05, 4.69) is 9.51 Å². The number of para-hydroxylation sites is 1. The Balaban J connectivity index is 1.56. The maximum atomic E-state index is 13.1. The van der Waals surface area contributed by atoms with Crippen LogP contribution in [0.5, 0.6) is 11.5 Å². The van der Waals surface area contributed by atoms with Gasteiger partial charge in [-0.3, -0.25) is 23.4 Å². The minimum absolute atomic E-state index is 0.222. The summed E-state index contributed by atoms with van der Waals surface area (Å²) < 4.78 is 28.2. The molecule has 3 aromatic rings. The van der Waals surface area contributed by atoms with Gasteiger partial charge in [-0.1, -0.05) is 18.2 Å². The highest BCUT2D eigenvalue weighted by Gasteiger charge is 2.45. The molecular weight excluding hydrogens is 485 g/mol. The molecule has 0 radical (unpaired) electrons. The number of rotatable bonds is 8. The number of benzene rings is 1. The highest BCUT2D eigenvalue weighted by molar-refractivity contribution is 7.46. The van der Waals surface area contributed by atoms with Crippen LogP contribution in [-0.2, 0) is 20.4 Å². The molecule has 13 nitrogen and oxygen atoms in total. The highest BCUT2D eigenvalue weighted by Crippen LogP contribution is 2.38. The fourth-order valence-electron chi connectivity index (χ4n) is 3.53. The molecule has 1 aliphatic rings. The molecule has 4 atom stereocenters. The molecular formula is C21H22N3O10P. The molecule has 4 N–H and O–H groups in total. The van der Waals surface area contributed by atoms with E-state index in [0.29, 0.717) is 17.2 Å². The van der Waals surface area contributed by atoms with Gasteiger partial charge >= 0.3 is 13.5 Å². The predicted octanol–water partition coefficient (Wildman–Crippen LogP) is -0.0259. The van der Waals surface area contributed by atoms with Crippen molar-refractivity contribution in [1.82, 2.24) is 14.1 Å². The first-order valence-electron chi connectivity index (χ1n) is 10.3. The van der Waals surface area contributed by atoms with Crippen molar-refractivity contribution in [2.45, 2.75) is 31.1 Å². The molecule has 0 amide bonds. The van der Waals surface area contributed by atoms with Gasteiger partial charge < -0.3 is 29.5 Å². The van der Waals surface area contributed by atoms with Crippen molar-refractivity contribution >= 4 is 7.82 Å². The number of aliphatic hydroxyl groups excluding tert-OH is 2. The van der Waals surface area contributed by atoms with Crippen LogP contribution in [0.3, 0.4) is 0 Å². The second-order valence-electron chi connectivity index (χ2n) is 7.66. The lowest BCUT2D eigenvalue weighted by Gasteiger charge is -2.18. The SMILES string of the molecule is O=c1ccn([C@@H]2O[C@H](COP(=O)(O)O)C(O)C2O)c(=O)n1Cc1cc(Oc2ccccc2)ccn1. The minimum Gasteiger partial charge on any atom is -0.457 e. The van der Waals surface area contributed by atoms with Crippen LogP contribution in [0.1, 0.15) is 11.9 Å². The van der Waals surface area contributed by atoms with Gasteiger partial charge in [0.2, 0.25) is 0 Å². The molecule has 1 fully saturated rings. The third-order valence-electron chi connectivity index (χ3n) is 5.20. The largest absolute Gasteiger partial charge is 0.469 e. The van der Waals surface area contributed by atoms with Crippen molar-refractivity contribution in [2.75, 3.05) is 6.61 Å². The van der Waals surface area contributed by atoms with Crippen LogP contribution in [0.25, 0.3) is 0 Å². The molecule has 4 rings (SSSR count). The van der Waals surface area contributed by atoms with Gasteiger partial charge in [0, 0.05) is 24.5 Å². The van der Waals surface area contributed by atoms with Crippen molar-refractivity contribution in [3.05, 3.63) is 87.5 Å². The Labute approximate surface area is 197 Å². The summed E-state index contributed by atoms with van der Waals surface area (Å²) in [5, 5.41) is 20.5. The fraction of sp³-hybridized carbons (Fsp3) is 0.286. The normalized spacial score (nSPS) is 22.3. The van der Waals surface area contributed by atoms with Crippen LogP contribution in [0.15, 0.2) is 70.5 Å². The number of hydrogen-bond acceptors (Lipinski definition) is 9. The molecule has 1 aliphatic heterocycles. The summed E-state index contributed by atoms with van der Waals surface area (Å²) in [5.74, 6) is 1.03. The van der Waals surface area contributed by atoms with Crippen LogP contribution in [0.2, 0.25) is 0 Å². The summed E-state index contributed by atoms with van der Waals surface area (Å²) in [7, 11) is -4.85. The maximum Gasteiger partial charge on any atom is 0.469 e. The second kappa shape index (κ2) is 10.2. The van der Waals surface area contributed by atoms with Crippen LogP contribution < -0.4 is 16.0 Å². The van der Waals surface area contributed by atoms with Crippen LogP contribution >= 0.6 is 7.82 Å². The summed E-state index contributed by atoms with van der Waals surface area (Å²) >= 11 is 0. The first kappa shape index (κ1) is 24.9. The standard InChI is InChI=1S/C21H22N3O10P/c25-17-7-9-23(20-19(27)18(26)16(34-20)12-32-35(29,30)31)21(28)24(17)11-13-10-15(6-8-22-13)33-14-4-2-1-3-5-14/h1-10,16,18-20,26-27H,11-12H2,(H2,29,30,31)/t16-,18?,19?,20-/m1/s1. The van der Waals surface area contributed by atoms with Crippen molar-refractivity contribution < 1.29 is 38.6 Å². The Morgan fingerprint density at radius 3 is 2.49 bits per heavy atom. The van der Waals surface area contributed by atoms with Gasteiger partial charge in [0.05, 0.1) is 18.8 Å². The monoisotopic (exact) mass is 507 g/mol. The van der Waals surface area contributed by atoms with E-state index >= 15 is 0 Å². The lowest BCUT2D eigenvalue weighted by molar-refractivity contribution is -0.0548.